The van der Waals surface area contributed by atoms with Crippen molar-refractivity contribution in [2.45, 2.75) is 20.4 Å². The minimum atomic E-state index is -0.217. The van der Waals surface area contributed by atoms with Crippen LogP contribution in [0.4, 0.5) is 0 Å². The molecule has 0 radical (unpaired) electrons. The summed E-state index contributed by atoms with van der Waals surface area (Å²) in [6.07, 6.45) is 0. The molecule has 0 aliphatic heterocycles. The van der Waals surface area contributed by atoms with Crippen LogP contribution in [0.1, 0.15) is 29.8 Å². The number of hydrogen-bond donors (Lipinski definition) is 3. The van der Waals surface area contributed by atoms with Gasteiger partial charge in [0.05, 0.1) is 43.6 Å². The van der Waals surface area contributed by atoms with Crippen LogP contribution in [0.2, 0.25) is 5.02 Å². The molecule has 3 aromatic rings. The number of aromatic amines is 1. The fraction of sp³-hybridized carbons (Fsp3) is 0.318. The van der Waals surface area contributed by atoms with Gasteiger partial charge in [-0.1, -0.05) is 29.8 Å². The molecular formula is C22H26ClN4O2S+. The average Bonchev–Trinajstić information content (AvgIpc) is 2.75. The second-order valence-electron chi connectivity index (χ2n) is 7.14. The lowest BCUT2D eigenvalue weighted by Crippen LogP contribution is -3.12. The number of amides is 1. The number of carbonyl (C=O) groups excluding carboxylic acids is 1. The molecule has 1 aromatic heterocycles. The van der Waals surface area contributed by atoms with E-state index in [9.17, 15) is 9.59 Å². The van der Waals surface area contributed by atoms with E-state index in [0.717, 1.165) is 25.2 Å². The Morgan fingerprint density at radius 2 is 1.93 bits per heavy atom. The molecule has 1 amide bonds. The molecule has 0 saturated carbocycles. The van der Waals surface area contributed by atoms with Crippen LogP contribution in [0.5, 0.6) is 0 Å². The Labute approximate surface area is 185 Å². The number of halogens is 1. The monoisotopic (exact) mass is 445 g/mol. The molecule has 0 aliphatic rings. The number of likely N-dealkylation sites (N-methyl/N-ethyl adjacent to an activating group) is 1. The van der Waals surface area contributed by atoms with Crippen LogP contribution in [0.25, 0.3) is 10.9 Å². The van der Waals surface area contributed by atoms with Gasteiger partial charge in [0.2, 0.25) is 0 Å². The lowest BCUT2D eigenvalue weighted by molar-refractivity contribution is -0.895. The lowest BCUT2D eigenvalue weighted by Gasteiger charge is -2.15. The highest BCUT2D eigenvalue weighted by molar-refractivity contribution is 7.71. The molecule has 158 valence electrons. The molecular weight excluding hydrogens is 420 g/mol. The molecule has 2 aromatic carbocycles. The quantitative estimate of drug-likeness (QED) is 0.466. The van der Waals surface area contributed by atoms with Gasteiger partial charge in [-0.2, -0.15) is 0 Å². The summed E-state index contributed by atoms with van der Waals surface area (Å²) in [4.78, 5) is 30.0. The highest BCUT2D eigenvalue weighted by Gasteiger charge is 2.12. The topological polar surface area (TPSA) is 71.3 Å². The van der Waals surface area contributed by atoms with E-state index in [0.29, 0.717) is 28.0 Å². The van der Waals surface area contributed by atoms with Crippen LogP contribution in [-0.2, 0) is 6.54 Å². The summed E-state index contributed by atoms with van der Waals surface area (Å²) in [5.74, 6) is -0.164. The van der Waals surface area contributed by atoms with Crippen molar-refractivity contribution in [1.29, 1.82) is 0 Å². The van der Waals surface area contributed by atoms with Crippen molar-refractivity contribution < 1.29 is 9.69 Å². The highest BCUT2D eigenvalue weighted by Crippen LogP contribution is 2.17. The summed E-state index contributed by atoms with van der Waals surface area (Å²) in [5.41, 5.74) is 1.63. The van der Waals surface area contributed by atoms with Crippen molar-refractivity contribution >= 4 is 40.6 Å². The number of benzene rings is 2. The minimum Gasteiger partial charge on any atom is -0.346 e. The number of hydrogen-bond acceptors (Lipinski definition) is 3. The van der Waals surface area contributed by atoms with E-state index in [1.165, 1.54) is 9.47 Å². The molecule has 0 aliphatic carbocycles. The van der Waals surface area contributed by atoms with E-state index < -0.39 is 0 Å². The van der Waals surface area contributed by atoms with Crippen molar-refractivity contribution in [1.82, 2.24) is 14.9 Å². The second kappa shape index (κ2) is 10.0. The molecule has 3 rings (SSSR count). The lowest BCUT2D eigenvalue weighted by atomic mass is 10.1. The Bertz CT molecular complexity index is 1170. The summed E-state index contributed by atoms with van der Waals surface area (Å²) in [6.45, 7) is 8.07. The SMILES string of the molecule is CC[NH+](CC)CCNC(=O)c1ccc2c(=O)n(Cc3ccccc3Cl)c(=S)[nH]c2c1. The van der Waals surface area contributed by atoms with Gasteiger partial charge in [0.1, 0.15) is 0 Å². The third-order valence-corrected chi connectivity index (χ3v) is 5.99. The number of quaternary nitrogens is 1. The van der Waals surface area contributed by atoms with E-state index in [4.69, 9.17) is 23.8 Å². The van der Waals surface area contributed by atoms with Gasteiger partial charge in [0, 0.05) is 10.6 Å². The zero-order valence-corrected chi connectivity index (χ0v) is 18.7. The fourth-order valence-electron chi connectivity index (χ4n) is 3.39. The standard InChI is InChI=1S/C22H25ClN4O2S/c1-3-26(4-2)12-11-24-20(28)15-9-10-17-19(13-15)25-22(30)27(21(17)29)14-16-7-5-6-8-18(16)23/h5-10,13H,3-4,11-12,14H2,1-2H3,(H,24,28)(H,25,30)/p+1. The summed E-state index contributed by atoms with van der Waals surface area (Å²) >= 11 is 11.6. The first kappa shape index (κ1) is 22.2. The zero-order chi connectivity index (χ0) is 21.7. The summed E-state index contributed by atoms with van der Waals surface area (Å²) < 4.78 is 1.76. The average molecular weight is 446 g/mol. The number of nitrogens with zero attached hydrogens (tertiary/aromatic N) is 1. The maximum absolute atomic E-state index is 13.0. The van der Waals surface area contributed by atoms with E-state index in [-0.39, 0.29) is 22.8 Å². The number of nitrogens with one attached hydrogen (secondary N) is 3. The van der Waals surface area contributed by atoms with Crippen LogP contribution < -0.4 is 15.8 Å². The Balaban J connectivity index is 1.84. The predicted molar refractivity (Wildman–Crippen MR) is 123 cm³/mol. The van der Waals surface area contributed by atoms with Crippen LogP contribution in [0.3, 0.4) is 0 Å². The van der Waals surface area contributed by atoms with Crippen molar-refractivity contribution in [3.8, 4) is 0 Å². The molecule has 0 bridgehead atoms. The zero-order valence-electron chi connectivity index (χ0n) is 17.1. The number of aromatic nitrogens is 2. The first-order chi connectivity index (χ1) is 14.4. The molecule has 0 spiro atoms. The highest BCUT2D eigenvalue weighted by atomic mass is 35.5. The molecule has 0 fully saturated rings. The largest absolute Gasteiger partial charge is 0.346 e. The van der Waals surface area contributed by atoms with E-state index in [2.05, 4.69) is 24.1 Å². The van der Waals surface area contributed by atoms with Gasteiger partial charge in [-0.15, -0.1) is 0 Å². The van der Waals surface area contributed by atoms with Gasteiger partial charge < -0.3 is 15.2 Å². The Morgan fingerprint density at radius 3 is 2.63 bits per heavy atom. The van der Waals surface area contributed by atoms with E-state index in [1.54, 1.807) is 24.3 Å². The number of H-pyrrole nitrogens is 1. The van der Waals surface area contributed by atoms with Gasteiger partial charge in [0.15, 0.2) is 4.77 Å². The van der Waals surface area contributed by atoms with Crippen LogP contribution >= 0.6 is 23.8 Å². The van der Waals surface area contributed by atoms with Gasteiger partial charge in [-0.25, -0.2) is 0 Å². The van der Waals surface area contributed by atoms with Crippen molar-refractivity contribution in [2.24, 2.45) is 0 Å². The Hall–Kier alpha value is -2.48. The molecule has 0 atom stereocenters. The third kappa shape index (κ3) is 4.98. The molecule has 0 unspecified atom stereocenters. The van der Waals surface area contributed by atoms with Crippen molar-refractivity contribution in [3.63, 3.8) is 0 Å². The maximum atomic E-state index is 13.0. The van der Waals surface area contributed by atoms with Crippen LogP contribution in [0, 0.1) is 4.77 Å². The maximum Gasteiger partial charge on any atom is 0.262 e. The smallest absolute Gasteiger partial charge is 0.262 e. The van der Waals surface area contributed by atoms with Crippen LogP contribution in [-0.4, -0.2) is 41.6 Å². The normalized spacial score (nSPS) is 11.2. The summed E-state index contributed by atoms with van der Waals surface area (Å²) in [5, 5.41) is 4.00. The molecule has 8 heteroatoms. The third-order valence-electron chi connectivity index (χ3n) is 5.29. The van der Waals surface area contributed by atoms with Gasteiger partial charge in [-0.05, 0) is 55.9 Å². The van der Waals surface area contributed by atoms with Crippen LogP contribution in [0.15, 0.2) is 47.3 Å². The van der Waals surface area contributed by atoms with E-state index >= 15 is 0 Å². The van der Waals surface area contributed by atoms with Gasteiger partial charge in [-0.3, -0.25) is 14.2 Å². The second-order valence-corrected chi connectivity index (χ2v) is 7.93. The predicted octanol–water partition coefficient (Wildman–Crippen LogP) is 2.42. The van der Waals surface area contributed by atoms with Gasteiger partial charge >= 0.3 is 0 Å². The molecule has 30 heavy (non-hydrogen) atoms. The summed E-state index contributed by atoms with van der Waals surface area (Å²) in [7, 11) is 0. The van der Waals surface area contributed by atoms with Gasteiger partial charge in [0.25, 0.3) is 11.5 Å². The van der Waals surface area contributed by atoms with Crippen molar-refractivity contribution in [3.05, 3.63) is 73.7 Å². The summed E-state index contributed by atoms with van der Waals surface area (Å²) in [6, 6.07) is 12.4. The molecule has 6 nitrogen and oxygen atoms in total. The molecule has 1 heterocycles. The van der Waals surface area contributed by atoms with Crippen molar-refractivity contribution in [2.75, 3.05) is 26.2 Å². The minimum absolute atomic E-state index is 0.164. The number of fused-ring (bicyclic) bond motifs is 1. The Morgan fingerprint density at radius 1 is 1.20 bits per heavy atom. The first-order valence-corrected chi connectivity index (χ1v) is 10.8. The molecule has 0 saturated heterocycles. The van der Waals surface area contributed by atoms with E-state index in [1.807, 2.05) is 18.2 Å². The molecule has 3 N–H and O–H groups in total. The fourth-order valence-corrected chi connectivity index (χ4v) is 3.85. The first-order valence-electron chi connectivity index (χ1n) is 10.1. The number of carbonyl (C=O) groups is 1. The number of rotatable bonds is 8. The Kier molecular flexibility index (Phi) is 7.42.